The van der Waals surface area contributed by atoms with Gasteiger partial charge in [0, 0.05) is 11.0 Å². The van der Waals surface area contributed by atoms with Crippen LogP contribution in [0, 0.1) is 22.7 Å². The van der Waals surface area contributed by atoms with E-state index in [-0.39, 0.29) is 5.41 Å². The highest BCUT2D eigenvalue weighted by atomic mass is 32.1. The predicted octanol–water partition coefficient (Wildman–Crippen LogP) is 2.02. The normalized spacial score (nSPS) is 17.6. The molecule has 23 heavy (non-hydrogen) atoms. The fourth-order valence-corrected chi connectivity index (χ4v) is 4.11. The van der Waals surface area contributed by atoms with Gasteiger partial charge in [0.15, 0.2) is 0 Å². The summed E-state index contributed by atoms with van der Waals surface area (Å²) in [5.41, 5.74) is 1.74. The van der Waals surface area contributed by atoms with Crippen LogP contribution in [0.1, 0.15) is 43.2 Å². The van der Waals surface area contributed by atoms with E-state index in [1.54, 1.807) is 0 Å². The molecule has 1 aromatic heterocycles. The zero-order chi connectivity index (χ0) is 17.2. The number of fused-ring (bicyclic) bond motifs is 1. The minimum Gasteiger partial charge on any atom is -0.545 e. The van der Waals surface area contributed by atoms with E-state index < -0.39 is 11.9 Å². The van der Waals surface area contributed by atoms with Gasteiger partial charge in [-0.05, 0) is 42.2 Å². The Balaban J connectivity index is 2.24. The molecular weight excluding hydrogens is 312 g/mol. The number of nitrogens with one attached hydrogen (secondary N) is 1. The monoisotopic (exact) mass is 331 g/mol. The summed E-state index contributed by atoms with van der Waals surface area (Å²) in [6, 6.07) is 2.17. The third kappa shape index (κ3) is 3.99. The molecule has 1 aliphatic rings. The van der Waals surface area contributed by atoms with E-state index in [0.29, 0.717) is 22.6 Å². The summed E-state index contributed by atoms with van der Waals surface area (Å²) in [5, 5.41) is 22.9. The first-order valence-electron chi connectivity index (χ1n) is 7.47. The van der Waals surface area contributed by atoms with Crippen LogP contribution >= 0.6 is 11.3 Å². The Hall–Kier alpha value is -2.13. The second-order valence-corrected chi connectivity index (χ2v) is 7.87. The van der Waals surface area contributed by atoms with Gasteiger partial charge in [0.05, 0.1) is 11.5 Å². The average Bonchev–Trinajstić information content (AvgIpc) is 2.80. The van der Waals surface area contributed by atoms with Crippen LogP contribution in [-0.4, -0.2) is 11.9 Å². The molecule has 0 fully saturated rings. The van der Waals surface area contributed by atoms with Crippen LogP contribution in [0.15, 0.2) is 12.2 Å². The smallest absolute Gasteiger partial charge is 0.249 e. The van der Waals surface area contributed by atoms with Crippen molar-refractivity contribution < 1.29 is 14.7 Å². The highest BCUT2D eigenvalue weighted by Gasteiger charge is 2.32. The number of hydrogen-bond donors (Lipinski definition) is 1. The molecule has 6 heteroatoms. The van der Waals surface area contributed by atoms with E-state index in [1.165, 1.54) is 11.3 Å². The van der Waals surface area contributed by atoms with Crippen LogP contribution in [0.4, 0.5) is 5.00 Å². The fourth-order valence-electron chi connectivity index (χ4n) is 2.83. The molecule has 0 unspecified atom stereocenters. The van der Waals surface area contributed by atoms with Crippen LogP contribution in [0.5, 0.6) is 0 Å². The second-order valence-electron chi connectivity index (χ2n) is 6.77. The van der Waals surface area contributed by atoms with Gasteiger partial charge >= 0.3 is 0 Å². The fraction of sp³-hybridized carbons (Fsp3) is 0.471. The minimum atomic E-state index is -1.43. The van der Waals surface area contributed by atoms with Gasteiger partial charge in [-0.1, -0.05) is 20.8 Å². The molecule has 0 aliphatic heterocycles. The Labute approximate surface area is 139 Å². The van der Waals surface area contributed by atoms with E-state index in [9.17, 15) is 20.0 Å². The van der Waals surface area contributed by atoms with Crippen molar-refractivity contribution in [3.8, 4) is 6.07 Å². The lowest BCUT2D eigenvalue weighted by Gasteiger charge is -2.33. The maximum absolute atomic E-state index is 11.7. The second kappa shape index (κ2) is 6.55. The van der Waals surface area contributed by atoms with Crippen molar-refractivity contribution in [2.24, 2.45) is 11.3 Å². The molecule has 5 nitrogen and oxygen atoms in total. The molecule has 1 aromatic rings. The Bertz CT molecular complexity index is 705. The van der Waals surface area contributed by atoms with Gasteiger partial charge in [-0.15, -0.1) is 11.3 Å². The summed E-state index contributed by atoms with van der Waals surface area (Å²) < 4.78 is 0. The highest BCUT2D eigenvalue weighted by Crippen LogP contribution is 2.43. The van der Waals surface area contributed by atoms with Crippen LogP contribution in [0.25, 0.3) is 0 Å². The highest BCUT2D eigenvalue weighted by molar-refractivity contribution is 7.16. The number of amides is 1. The predicted molar refractivity (Wildman–Crippen MR) is 86.8 cm³/mol. The van der Waals surface area contributed by atoms with Crippen molar-refractivity contribution >= 4 is 28.2 Å². The van der Waals surface area contributed by atoms with E-state index in [4.69, 9.17) is 0 Å². The molecule has 1 amide bonds. The molecule has 1 N–H and O–H groups in total. The third-order valence-electron chi connectivity index (χ3n) is 4.21. The summed E-state index contributed by atoms with van der Waals surface area (Å²) in [7, 11) is 0. The lowest BCUT2D eigenvalue weighted by Crippen LogP contribution is -2.26. The van der Waals surface area contributed by atoms with Crippen molar-refractivity contribution in [3.05, 3.63) is 28.2 Å². The number of nitriles is 1. The lowest BCUT2D eigenvalue weighted by atomic mass is 9.72. The molecule has 0 spiro atoms. The van der Waals surface area contributed by atoms with Crippen LogP contribution < -0.4 is 10.4 Å². The first-order chi connectivity index (χ1) is 10.7. The van der Waals surface area contributed by atoms with Crippen molar-refractivity contribution in [1.29, 1.82) is 5.26 Å². The summed E-state index contributed by atoms with van der Waals surface area (Å²) in [6.07, 6.45) is 4.34. The first kappa shape index (κ1) is 17.2. The molecule has 0 bridgehead atoms. The number of carboxylic acid groups (broad SMARTS) is 1. The molecule has 0 radical (unpaired) electrons. The van der Waals surface area contributed by atoms with Crippen molar-refractivity contribution in [2.75, 3.05) is 5.32 Å². The van der Waals surface area contributed by atoms with E-state index in [2.05, 4.69) is 32.2 Å². The van der Waals surface area contributed by atoms with Crippen LogP contribution in [-0.2, 0) is 22.4 Å². The molecule has 0 aromatic carbocycles. The first-order valence-corrected chi connectivity index (χ1v) is 8.28. The van der Waals surface area contributed by atoms with Crippen molar-refractivity contribution in [3.63, 3.8) is 0 Å². The summed E-state index contributed by atoms with van der Waals surface area (Å²) >= 11 is 1.42. The third-order valence-corrected chi connectivity index (χ3v) is 5.38. The number of carbonyl (C=O) groups excluding carboxylic acids is 2. The number of nitrogens with zero attached hydrogens (tertiary/aromatic N) is 1. The van der Waals surface area contributed by atoms with Crippen molar-refractivity contribution in [2.45, 2.75) is 40.0 Å². The van der Waals surface area contributed by atoms with Gasteiger partial charge < -0.3 is 15.2 Å². The Morgan fingerprint density at radius 2 is 2.09 bits per heavy atom. The van der Waals surface area contributed by atoms with E-state index in [0.717, 1.165) is 35.8 Å². The molecule has 1 atom stereocenters. The molecule has 0 saturated heterocycles. The SMILES string of the molecule is CC(C)(C)[C@@H]1CCc2c(sc(NC(=O)/C=C/C(=O)[O-])c2C#N)C1. The summed E-state index contributed by atoms with van der Waals surface area (Å²) in [6.45, 7) is 6.65. The largest absolute Gasteiger partial charge is 0.545 e. The molecule has 0 saturated carbocycles. The van der Waals surface area contributed by atoms with Gasteiger partial charge in [0.2, 0.25) is 5.91 Å². The minimum absolute atomic E-state index is 0.203. The molecule has 1 aliphatic carbocycles. The quantitative estimate of drug-likeness (QED) is 0.858. The number of rotatable bonds is 3. The number of carboxylic acids is 1. The molecule has 2 rings (SSSR count). The number of anilines is 1. The lowest BCUT2D eigenvalue weighted by molar-refractivity contribution is -0.297. The van der Waals surface area contributed by atoms with Gasteiger partial charge in [-0.3, -0.25) is 4.79 Å². The Morgan fingerprint density at radius 3 is 2.65 bits per heavy atom. The van der Waals surface area contributed by atoms with Crippen LogP contribution in [0.3, 0.4) is 0 Å². The summed E-state index contributed by atoms with van der Waals surface area (Å²) in [5.74, 6) is -1.46. The molecular formula is C17H19N2O3S-. The number of carbonyl (C=O) groups is 2. The zero-order valence-corrected chi connectivity index (χ0v) is 14.3. The number of thiophene rings is 1. The number of hydrogen-bond acceptors (Lipinski definition) is 5. The number of aliphatic carboxylic acids is 1. The van der Waals surface area contributed by atoms with Crippen molar-refractivity contribution in [1.82, 2.24) is 0 Å². The maximum Gasteiger partial charge on any atom is 0.249 e. The van der Waals surface area contributed by atoms with E-state index in [1.807, 2.05) is 0 Å². The Kier molecular flexibility index (Phi) is 4.90. The van der Waals surface area contributed by atoms with Crippen LogP contribution in [0.2, 0.25) is 0 Å². The molecule has 122 valence electrons. The topological polar surface area (TPSA) is 93.0 Å². The van der Waals surface area contributed by atoms with Gasteiger partial charge in [0.1, 0.15) is 11.1 Å². The van der Waals surface area contributed by atoms with E-state index >= 15 is 0 Å². The van der Waals surface area contributed by atoms with Gasteiger partial charge in [-0.2, -0.15) is 5.26 Å². The zero-order valence-electron chi connectivity index (χ0n) is 13.4. The average molecular weight is 331 g/mol. The maximum atomic E-state index is 11.7. The summed E-state index contributed by atoms with van der Waals surface area (Å²) in [4.78, 5) is 23.2. The standard InChI is InChI=1S/C17H20N2O3S/c1-17(2,3)10-4-5-11-12(9-18)16(23-13(11)8-10)19-14(20)6-7-15(21)22/h6-7,10H,4-5,8H2,1-3H3,(H,19,20)(H,21,22)/p-1/b7-6+/t10-/m1/s1. The van der Waals surface area contributed by atoms with Gasteiger partial charge in [0.25, 0.3) is 0 Å². The Morgan fingerprint density at radius 1 is 1.39 bits per heavy atom. The molecule has 1 heterocycles. The van der Waals surface area contributed by atoms with Gasteiger partial charge in [-0.25, -0.2) is 0 Å².